The average molecular weight is 286 g/mol. The number of hydrogen-bond acceptors (Lipinski definition) is 4. The number of nitrogens with zero attached hydrogens (tertiary/aromatic N) is 3. The van der Waals surface area contributed by atoms with E-state index in [0.717, 1.165) is 23.4 Å². The second kappa shape index (κ2) is 4.93. The molecule has 0 bridgehead atoms. The standard InChI is InChI=1S/C13H14N6S/c1-2-8-3-5-9(6-4-8)10-7-11(16-15-10)12-17-18-13(20)19(12)14/h3-7H,2,14H2,1H3,(H,15,16)(H,18,20). The van der Waals surface area contributed by atoms with Gasteiger partial charge in [-0.25, -0.2) is 9.77 Å². The maximum atomic E-state index is 5.79. The second-order valence-electron chi connectivity index (χ2n) is 4.44. The van der Waals surface area contributed by atoms with Crippen molar-refractivity contribution < 1.29 is 0 Å². The van der Waals surface area contributed by atoms with Crippen molar-refractivity contribution in [1.82, 2.24) is 25.1 Å². The number of aromatic nitrogens is 5. The average Bonchev–Trinajstić information content (AvgIpc) is 3.08. The van der Waals surface area contributed by atoms with E-state index in [9.17, 15) is 0 Å². The Labute approximate surface area is 120 Å². The minimum atomic E-state index is 0.364. The Morgan fingerprint density at radius 2 is 1.95 bits per heavy atom. The van der Waals surface area contributed by atoms with E-state index in [1.165, 1.54) is 10.2 Å². The lowest BCUT2D eigenvalue weighted by Crippen LogP contribution is -2.09. The highest BCUT2D eigenvalue weighted by molar-refractivity contribution is 7.71. The minimum absolute atomic E-state index is 0.364. The summed E-state index contributed by atoms with van der Waals surface area (Å²) in [5.41, 5.74) is 3.90. The SMILES string of the molecule is CCc1ccc(-c2cc(-c3n[nH]c(=S)n3N)[nH]n2)cc1. The minimum Gasteiger partial charge on any atom is -0.335 e. The third-order valence-corrected chi connectivity index (χ3v) is 3.47. The first-order valence-corrected chi connectivity index (χ1v) is 6.67. The predicted molar refractivity (Wildman–Crippen MR) is 80.0 cm³/mol. The first kappa shape index (κ1) is 12.6. The number of hydrogen-bond donors (Lipinski definition) is 3. The highest BCUT2D eigenvalue weighted by Gasteiger charge is 2.11. The Morgan fingerprint density at radius 3 is 2.55 bits per heavy atom. The molecule has 0 aliphatic heterocycles. The highest BCUT2D eigenvalue weighted by atomic mass is 32.1. The van der Waals surface area contributed by atoms with Gasteiger partial charge in [0.1, 0.15) is 5.69 Å². The molecule has 2 heterocycles. The van der Waals surface area contributed by atoms with Crippen molar-refractivity contribution in [3.05, 3.63) is 40.7 Å². The highest BCUT2D eigenvalue weighted by Crippen LogP contribution is 2.22. The zero-order chi connectivity index (χ0) is 14.1. The van der Waals surface area contributed by atoms with Crippen LogP contribution in [0.2, 0.25) is 0 Å². The molecule has 7 heteroatoms. The quantitative estimate of drug-likeness (QED) is 0.509. The number of nitrogens with one attached hydrogen (secondary N) is 2. The van der Waals surface area contributed by atoms with Crippen molar-refractivity contribution in [3.63, 3.8) is 0 Å². The van der Waals surface area contributed by atoms with E-state index >= 15 is 0 Å². The number of benzene rings is 1. The molecule has 0 saturated carbocycles. The Hall–Kier alpha value is -2.41. The van der Waals surface area contributed by atoms with Gasteiger partial charge in [0, 0.05) is 5.56 Å². The summed E-state index contributed by atoms with van der Waals surface area (Å²) >= 11 is 4.99. The molecule has 1 aromatic carbocycles. The summed E-state index contributed by atoms with van der Waals surface area (Å²) in [6.45, 7) is 2.13. The lowest BCUT2D eigenvalue weighted by Gasteiger charge is -1.98. The molecule has 102 valence electrons. The number of H-pyrrole nitrogens is 2. The fourth-order valence-electron chi connectivity index (χ4n) is 1.99. The van der Waals surface area contributed by atoms with E-state index in [4.69, 9.17) is 18.1 Å². The molecule has 0 unspecified atom stereocenters. The van der Waals surface area contributed by atoms with Gasteiger partial charge in [-0.3, -0.25) is 5.10 Å². The molecule has 0 amide bonds. The summed E-state index contributed by atoms with van der Waals surface area (Å²) in [5.74, 6) is 6.32. The Morgan fingerprint density at radius 1 is 1.20 bits per heavy atom. The smallest absolute Gasteiger partial charge is 0.214 e. The lowest BCUT2D eigenvalue weighted by atomic mass is 10.1. The van der Waals surface area contributed by atoms with Crippen molar-refractivity contribution in [2.75, 3.05) is 5.84 Å². The largest absolute Gasteiger partial charge is 0.335 e. The molecule has 3 aromatic rings. The molecular weight excluding hydrogens is 272 g/mol. The lowest BCUT2D eigenvalue weighted by molar-refractivity contribution is 0.970. The van der Waals surface area contributed by atoms with Gasteiger partial charge in [0.15, 0.2) is 5.82 Å². The van der Waals surface area contributed by atoms with E-state index in [1.807, 2.05) is 6.07 Å². The molecule has 0 aliphatic rings. The summed E-state index contributed by atoms with van der Waals surface area (Å²) in [4.78, 5) is 0. The van der Waals surface area contributed by atoms with Crippen molar-refractivity contribution in [3.8, 4) is 22.8 Å². The number of nitrogen functional groups attached to an aromatic ring is 1. The number of nitrogens with two attached hydrogens (primary N) is 1. The van der Waals surface area contributed by atoms with Crippen LogP contribution >= 0.6 is 12.2 Å². The van der Waals surface area contributed by atoms with Crippen LogP contribution in [0, 0.1) is 4.77 Å². The zero-order valence-electron chi connectivity index (χ0n) is 10.9. The Bertz CT molecular complexity index is 780. The van der Waals surface area contributed by atoms with Crippen LogP contribution in [0.1, 0.15) is 12.5 Å². The number of aromatic amines is 2. The van der Waals surface area contributed by atoms with E-state index in [2.05, 4.69) is 51.6 Å². The summed E-state index contributed by atoms with van der Waals surface area (Å²) in [6.07, 6.45) is 1.02. The molecule has 6 nitrogen and oxygen atoms in total. The van der Waals surface area contributed by atoms with E-state index < -0.39 is 0 Å². The van der Waals surface area contributed by atoms with Gasteiger partial charge >= 0.3 is 0 Å². The third kappa shape index (κ3) is 2.12. The van der Waals surface area contributed by atoms with Gasteiger partial charge in [0.05, 0.1) is 5.69 Å². The van der Waals surface area contributed by atoms with Crippen molar-refractivity contribution in [2.24, 2.45) is 0 Å². The molecule has 0 atom stereocenters. The first-order valence-electron chi connectivity index (χ1n) is 6.26. The maximum Gasteiger partial charge on any atom is 0.214 e. The summed E-state index contributed by atoms with van der Waals surface area (Å²) < 4.78 is 1.68. The molecule has 2 aromatic heterocycles. The van der Waals surface area contributed by atoms with Crippen LogP contribution in [0.3, 0.4) is 0 Å². The van der Waals surface area contributed by atoms with Crippen molar-refractivity contribution in [1.29, 1.82) is 0 Å². The Balaban J connectivity index is 1.97. The normalized spacial score (nSPS) is 10.8. The maximum absolute atomic E-state index is 5.79. The molecule has 4 N–H and O–H groups in total. The van der Waals surface area contributed by atoms with Gasteiger partial charge in [-0.2, -0.15) is 10.2 Å². The van der Waals surface area contributed by atoms with Crippen LogP contribution in [-0.2, 0) is 6.42 Å². The summed E-state index contributed by atoms with van der Waals surface area (Å²) in [5, 5.41) is 13.9. The van der Waals surface area contributed by atoms with Gasteiger partial charge in [-0.15, -0.1) is 0 Å². The molecule has 3 rings (SSSR count). The van der Waals surface area contributed by atoms with Crippen LogP contribution in [-0.4, -0.2) is 25.1 Å². The van der Waals surface area contributed by atoms with Crippen LogP contribution < -0.4 is 5.84 Å². The number of rotatable bonds is 3. The van der Waals surface area contributed by atoms with Crippen LogP contribution in [0.5, 0.6) is 0 Å². The monoisotopic (exact) mass is 286 g/mol. The molecule has 0 aliphatic carbocycles. The van der Waals surface area contributed by atoms with Crippen molar-refractivity contribution >= 4 is 12.2 Å². The summed E-state index contributed by atoms with van der Waals surface area (Å²) in [7, 11) is 0. The second-order valence-corrected chi connectivity index (χ2v) is 4.83. The molecule has 0 saturated heterocycles. The first-order chi connectivity index (χ1) is 9.69. The molecule has 20 heavy (non-hydrogen) atoms. The third-order valence-electron chi connectivity index (χ3n) is 3.18. The number of aryl methyl sites for hydroxylation is 1. The fourth-order valence-corrected chi connectivity index (χ4v) is 2.12. The van der Waals surface area contributed by atoms with Crippen LogP contribution in [0.25, 0.3) is 22.8 Å². The van der Waals surface area contributed by atoms with Gasteiger partial charge in [0.2, 0.25) is 4.77 Å². The van der Waals surface area contributed by atoms with Crippen LogP contribution in [0.15, 0.2) is 30.3 Å². The van der Waals surface area contributed by atoms with Gasteiger partial charge in [0.25, 0.3) is 0 Å². The van der Waals surface area contributed by atoms with Crippen molar-refractivity contribution in [2.45, 2.75) is 13.3 Å². The fraction of sp³-hybridized carbons (Fsp3) is 0.154. The zero-order valence-corrected chi connectivity index (χ0v) is 11.7. The van der Waals surface area contributed by atoms with Gasteiger partial charge < -0.3 is 5.84 Å². The molecular formula is C13H14N6S. The van der Waals surface area contributed by atoms with Crippen LogP contribution in [0.4, 0.5) is 0 Å². The van der Waals surface area contributed by atoms with Gasteiger partial charge in [-0.05, 0) is 30.3 Å². The van der Waals surface area contributed by atoms with E-state index in [0.29, 0.717) is 10.6 Å². The predicted octanol–water partition coefficient (Wildman–Crippen LogP) is 2.27. The Kier molecular flexibility index (Phi) is 3.11. The molecule has 0 radical (unpaired) electrons. The topological polar surface area (TPSA) is 88.3 Å². The summed E-state index contributed by atoms with van der Waals surface area (Å²) in [6, 6.07) is 10.2. The molecule has 0 spiro atoms. The van der Waals surface area contributed by atoms with E-state index in [-0.39, 0.29) is 0 Å². The van der Waals surface area contributed by atoms with Gasteiger partial charge in [-0.1, -0.05) is 31.2 Å². The molecule has 0 fully saturated rings. The van der Waals surface area contributed by atoms with E-state index in [1.54, 1.807) is 0 Å².